The Labute approximate surface area is 269 Å². The summed E-state index contributed by atoms with van der Waals surface area (Å²) in [5.74, 6) is -3.14. The van der Waals surface area contributed by atoms with Crippen LogP contribution in [0.3, 0.4) is 0 Å². The highest BCUT2D eigenvalue weighted by Gasteiger charge is 2.42. The number of benzene rings is 2. The number of amides is 4. The molecule has 12 heteroatoms. The minimum Gasteiger partial charge on any atom is -0.508 e. The minimum atomic E-state index is -1.13. The van der Waals surface area contributed by atoms with Gasteiger partial charge in [0.15, 0.2) is 0 Å². The van der Waals surface area contributed by atoms with Crippen LogP contribution >= 0.6 is 0 Å². The van der Waals surface area contributed by atoms with Crippen LogP contribution in [0, 0.1) is 5.92 Å². The molecule has 46 heavy (non-hydrogen) atoms. The van der Waals surface area contributed by atoms with Gasteiger partial charge in [-0.15, -0.1) is 0 Å². The summed E-state index contributed by atoms with van der Waals surface area (Å²) < 4.78 is 0. The van der Waals surface area contributed by atoms with Crippen molar-refractivity contribution in [2.45, 2.75) is 89.0 Å². The summed E-state index contributed by atoms with van der Waals surface area (Å²) in [7, 11) is 0. The van der Waals surface area contributed by atoms with Gasteiger partial charge in [0.05, 0.1) is 6.04 Å². The fourth-order valence-corrected chi connectivity index (χ4v) is 6.24. The molecule has 2 aliphatic rings. The number of nitrogens with zero attached hydrogens (tertiary/aromatic N) is 2. The number of hydrogen-bond donors (Lipinski definition) is 5. The van der Waals surface area contributed by atoms with Crippen molar-refractivity contribution in [3.63, 3.8) is 0 Å². The topological polar surface area (TPSA) is 182 Å². The van der Waals surface area contributed by atoms with Crippen LogP contribution in [0.4, 0.5) is 0 Å². The van der Waals surface area contributed by atoms with E-state index in [4.69, 9.17) is 5.73 Å². The van der Waals surface area contributed by atoms with E-state index >= 15 is 0 Å². The molecule has 4 amide bonds. The number of nitrogens with two attached hydrogens (primary N) is 1. The lowest BCUT2D eigenvalue weighted by Gasteiger charge is -2.32. The van der Waals surface area contributed by atoms with Crippen molar-refractivity contribution >= 4 is 29.6 Å². The molecule has 0 saturated carbocycles. The molecule has 2 aromatic rings. The van der Waals surface area contributed by atoms with Crippen molar-refractivity contribution in [2.75, 3.05) is 13.1 Å². The summed E-state index contributed by atoms with van der Waals surface area (Å²) in [5, 5.41) is 24.8. The molecule has 6 N–H and O–H groups in total. The highest BCUT2D eigenvalue weighted by atomic mass is 16.4. The maximum atomic E-state index is 14.1. The van der Waals surface area contributed by atoms with Crippen molar-refractivity contribution < 1.29 is 34.2 Å². The van der Waals surface area contributed by atoms with E-state index in [0.29, 0.717) is 45.2 Å². The maximum Gasteiger partial charge on any atom is 0.326 e. The normalized spacial score (nSPS) is 20.4. The molecule has 2 saturated heterocycles. The number of carboxylic acid groups (broad SMARTS) is 1. The molecule has 2 aromatic carbocycles. The van der Waals surface area contributed by atoms with Crippen molar-refractivity contribution in [1.29, 1.82) is 0 Å². The second-order valence-electron chi connectivity index (χ2n) is 12.3. The lowest BCUT2D eigenvalue weighted by molar-refractivity contribution is -0.146. The van der Waals surface area contributed by atoms with Crippen LogP contribution < -0.4 is 16.4 Å². The van der Waals surface area contributed by atoms with Gasteiger partial charge in [-0.05, 0) is 61.3 Å². The Bertz CT molecular complexity index is 1390. The number of hydrogen-bond acceptors (Lipinski definition) is 7. The van der Waals surface area contributed by atoms with Gasteiger partial charge in [-0.1, -0.05) is 62.7 Å². The van der Waals surface area contributed by atoms with Crippen LogP contribution in [-0.4, -0.2) is 92.9 Å². The van der Waals surface area contributed by atoms with Crippen LogP contribution in [0.1, 0.15) is 57.1 Å². The Kier molecular flexibility index (Phi) is 11.8. The minimum absolute atomic E-state index is 0.107. The van der Waals surface area contributed by atoms with E-state index in [1.807, 2.05) is 37.3 Å². The Morgan fingerprint density at radius 3 is 1.93 bits per heavy atom. The van der Waals surface area contributed by atoms with Gasteiger partial charge in [0, 0.05) is 19.5 Å². The number of carbonyl (C=O) groups excluding carboxylic acids is 4. The van der Waals surface area contributed by atoms with Gasteiger partial charge in [0.1, 0.15) is 29.9 Å². The second-order valence-corrected chi connectivity index (χ2v) is 12.3. The molecule has 2 fully saturated rings. The predicted octanol–water partition coefficient (Wildman–Crippen LogP) is 1.59. The van der Waals surface area contributed by atoms with Gasteiger partial charge in [-0.2, -0.15) is 0 Å². The van der Waals surface area contributed by atoms with Crippen LogP contribution in [0.5, 0.6) is 5.75 Å². The average molecular weight is 636 g/mol. The first-order valence-corrected chi connectivity index (χ1v) is 16.0. The SMILES string of the molecule is CCC(C)C(NC(=O)[C@@H]1CCCN1C(=O)C(Cc1ccccc1)NC(=O)[C@@H]1CCCN1C(=O)C(N)Cc1ccc(O)cc1)C(=O)O. The summed E-state index contributed by atoms with van der Waals surface area (Å²) in [4.78, 5) is 69.3. The van der Waals surface area contributed by atoms with E-state index in [-0.39, 0.29) is 30.4 Å². The quantitative estimate of drug-likeness (QED) is 0.220. The average Bonchev–Trinajstić information content (AvgIpc) is 3.74. The third kappa shape index (κ3) is 8.42. The van der Waals surface area contributed by atoms with E-state index in [1.165, 1.54) is 21.9 Å². The molecule has 2 aliphatic heterocycles. The van der Waals surface area contributed by atoms with E-state index in [9.17, 15) is 34.2 Å². The maximum absolute atomic E-state index is 14.1. The Hall–Kier alpha value is -4.45. The van der Waals surface area contributed by atoms with Crippen molar-refractivity contribution in [3.05, 3.63) is 65.7 Å². The molecule has 0 aliphatic carbocycles. The molecule has 0 spiro atoms. The Balaban J connectivity index is 1.49. The van der Waals surface area contributed by atoms with E-state index in [1.54, 1.807) is 19.1 Å². The molecule has 6 atom stereocenters. The predicted molar refractivity (Wildman–Crippen MR) is 170 cm³/mol. The van der Waals surface area contributed by atoms with E-state index in [0.717, 1.165) is 11.1 Å². The molecular weight excluding hydrogens is 590 g/mol. The molecule has 0 radical (unpaired) electrons. The van der Waals surface area contributed by atoms with E-state index < -0.39 is 53.9 Å². The zero-order chi connectivity index (χ0) is 33.4. The third-order valence-corrected chi connectivity index (χ3v) is 9.06. The summed E-state index contributed by atoms with van der Waals surface area (Å²) in [6, 6.07) is 11.0. The molecule has 4 unspecified atom stereocenters. The van der Waals surface area contributed by atoms with Gasteiger partial charge >= 0.3 is 5.97 Å². The lowest BCUT2D eigenvalue weighted by Crippen LogP contribution is -2.58. The van der Waals surface area contributed by atoms with Crippen LogP contribution in [0.15, 0.2) is 54.6 Å². The third-order valence-electron chi connectivity index (χ3n) is 9.06. The zero-order valence-electron chi connectivity index (χ0n) is 26.4. The van der Waals surface area contributed by atoms with Crippen LogP contribution in [-0.2, 0) is 36.8 Å². The van der Waals surface area contributed by atoms with Crippen molar-refractivity contribution in [2.24, 2.45) is 11.7 Å². The number of phenols is 1. The second kappa shape index (κ2) is 15.7. The summed E-state index contributed by atoms with van der Waals surface area (Å²) in [6.45, 7) is 4.24. The standard InChI is InChI=1S/C34H45N5O7/c1-3-21(2)29(34(45)46)37-31(42)28-12-8-18-39(28)33(44)26(20-22-9-5-4-6-10-22)36-30(41)27-11-7-17-38(27)32(43)25(35)19-23-13-15-24(40)16-14-23/h4-6,9-10,13-16,21,25-29,40H,3,7-8,11-12,17-20,35H2,1-2H3,(H,36,41)(H,37,42)(H,45,46)/t21?,25?,26?,27-,28-,29?/m0/s1. The number of carbonyl (C=O) groups is 5. The molecule has 0 aromatic heterocycles. The number of aliphatic carboxylic acids is 1. The Morgan fingerprint density at radius 2 is 1.37 bits per heavy atom. The Morgan fingerprint density at radius 1 is 0.826 bits per heavy atom. The van der Waals surface area contributed by atoms with Gasteiger partial charge in [0.25, 0.3) is 0 Å². The first-order valence-electron chi connectivity index (χ1n) is 16.0. The lowest BCUT2D eigenvalue weighted by atomic mass is 9.98. The number of carboxylic acids is 1. The highest BCUT2D eigenvalue weighted by Crippen LogP contribution is 2.23. The first kappa shape index (κ1) is 34.4. The smallest absolute Gasteiger partial charge is 0.326 e. The molecular formula is C34H45N5O7. The van der Waals surface area contributed by atoms with E-state index in [2.05, 4.69) is 10.6 Å². The fourth-order valence-electron chi connectivity index (χ4n) is 6.24. The fraction of sp³-hybridized carbons (Fsp3) is 0.500. The van der Waals surface area contributed by atoms with Gasteiger partial charge in [0.2, 0.25) is 23.6 Å². The van der Waals surface area contributed by atoms with Crippen molar-refractivity contribution in [3.8, 4) is 5.75 Å². The molecule has 4 rings (SSSR count). The van der Waals surface area contributed by atoms with Crippen LogP contribution in [0.25, 0.3) is 0 Å². The van der Waals surface area contributed by atoms with Crippen LogP contribution in [0.2, 0.25) is 0 Å². The largest absolute Gasteiger partial charge is 0.508 e. The summed E-state index contributed by atoms with van der Waals surface area (Å²) in [5.41, 5.74) is 7.85. The first-order chi connectivity index (χ1) is 22.0. The summed E-state index contributed by atoms with van der Waals surface area (Å²) in [6.07, 6.45) is 2.90. The number of nitrogens with one attached hydrogen (secondary N) is 2. The number of likely N-dealkylation sites (tertiary alicyclic amines) is 2. The number of rotatable bonds is 13. The highest BCUT2D eigenvalue weighted by molar-refractivity contribution is 5.96. The number of aromatic hydroxyl groups is 1. The summed E-state index contributed by atoms with van der Waals surface area (Å²) >= 11 is 0. The monoisotopic (exact) mass is 635 g/mol. The van der Waals surface area contributed by atoms with Crippen molar-refractivity contribution in [1.82, 2.24) is 20.4 Å². The number of phenolic OH excluding ortho intramolecular Hbond substituents is 1. The molecule has 12 nitrogen and oxygen atoms in total. The van der Waals surface area contributed by atoms with Gasteiger partial charge < -0.3 is 36.4 Å². The molecule has 0 bridgehead atoms. The molecule has 248 valence electrons. The van der Waals surface area contributed by atoms with Gasteiger partial charge in [-0.25, -0.2) is 4.79 Å². The van der Waals surface area contributed by atoms with Gasteiger partial charge in [-0.3, -0.25) is 19.2 Å². The zero-order valence-corrected chi connectivity index (χ0v) is 26.4. The molecule has 2 heterocycles.